The summed E-state index contributed by atoms with van der Waals surface area (Å²) in [5, 5.41) is 0. The van der Waals surface area contributed by atoms with Crippen LogP contribution in [0.5, 0.6) is 0 Å². The Morgan fingerprint density at radius 2 is 2.00 bits per heavy atom. The Bertz CT molecular complexity index is 319. The van der Waals surface area contributed by atoms with Crippen LogP contribution in [0.1, 0.15) is 6.92 Å². The molecule has 0 amide bonds. The molecular formula is C10H9FOS. The van der Waals surface area contributed by atoms with Gasteiger partial charge in [0.15, 0.2) is 12.1 Å². The first-order chi connectivity index (χ1) is 6.24. The van der Waals surface area contributed by atoms with Crippen LogP contribution in [0.4, 0.5) is 4.39 Å². The molecule has 0 aromatic heterocycles. The number of benzene rings is 1. The highest BCUT2D eigenvalue weighted by Gasteiger charge is 2.01. The molecule has 1 aromatic carbocycles. The molecule has 1 rings (SSSR count). The van der Waals surface area contributed by atoms with Crippen LogP contribution in [0.3, 0.4) is 0 Å². The Labute approximate surface area is 80.7 Å². The van der Waals surface area contributed by atoms with Gasteiger partial charge in [0.1, 0.15) is 0 Å². The topological polar surface area (TPSA) is 17.1 Å². The van der Waals surface area contributed by atoms with Crippen LogP contribution >= 0.6 is 11.8 Å². The second kappa shape index (κ2) is 4.82. The van der Waals surface area contributed by atoms with Crippen LogP contribution in [-0.2, 0) is 4.79 Å². The number of carbonyl (C=O) groups excluding carboxylic acids is 1. The van der Waals surface area contributed by atoms with E-state index in [0.29, 0.717) is 4.91 Å². The smallest absolute Gasteiger partial charge is 0.179 e. The average Bonchev–Trinajstić information content (AvgIpc) is 2.18. The summed E-state index contributed by atoms with van der Waals surface area (Å²) in [5.41, 5.74) is 0. The molecule has 0 bridgehead atoms. The molecule has 0 spiro atoms. The van der Waals surface area contributed by atoms with E-state index in [9.17, 15) is 9.18 Å². The van der Waals surface area contributed by atoms with Gasteiger partial charge >= 0.3 is 0 Å². The maximum Gasteiger partial charge on any atom is 0.179 e. The van der Waals surface area contributed by atoms with Crippen molar-refractivity contribution in [3.8, 4) is 0 Å². The molecular weight excluding hydrogens is 187 g/mol. The van der Waals surface area contributed by atoms with Crippen molar-refractivity contribution in [2.45, 2.75) is 11.8 Å². The first-order valence-electron chi connectivity index (χ1n) is 3.78. The van der Waals surface area contributed by atoms with E-state index in [-0.39, 0.29) is 6.29 Å². The Hall–Kier alpha value is -1.09. The first-order valence-corrected chi connectivity index (χ1v) is 4.60. The maximum atomic E-state index is 12.7. The highest BCUT2D eigenvalue weighted by molar-refractivity contribution is 8.03. The van der Waals surface area contributed by atoms with Crippen molar-refractivity contribution in [1.29, 1.82) is 0 Å². The van der Waals surface area contributed by atoms with Gasteiger partial charge in [0.2, 0.25) is 0 Å². The predicted molar refractivity (Wildman–Crippen MR) is 52.2 cm³/mol. The lowest BCUT2D eigenvalue weighted by Gasteiger charge is -1.99. The van der Waals surface area contributed by atoms with Gasteiger partial charge in [-0.3, -0.25) is 4.79 Å². The summed E-state index contributed by atoms with van der Waals surface area (Å²) in [6, 6.07) is 9.36. The molecule has 0 aliphatic heterocycles. The third-order valence-corrected chi connectivity index (χ3v) is 2.46. The van der Waals surface area contributed by atoms with Gasteiger partial charge in [-0.25, -0.2) is 4.39 Å². The summed E-state index contributed by atoms with van der Waals surface area (Å²) in [6.45, 7) is 1.58. The fourth-order valence-corrected chi connectivity index (χ4v) is 1.59. The number of aldehydes is 1. The lowest BCUT2D eigenvalue weighted by molar-refractivity contribution is -0.106. The number of carbonyl (C=O) groups is 1. The van der Waals surface area contributed by atoms with Gasteiger partial charge in [-0.2, -0.15) is 0 Å². The van der Waals surface area contributed by atoms with Gasteiger partial charge in [0, 0.05) is 9.80 Å². The van der Waals surface area contributed by atoms with E-state index in [0.717, 1.165) is 4.90 Å². The number of halogens is 1. The molecule has 0 atom stereocenters. The Kier molecular flexibility index (Phi) is 3.71. The Balaban J connectivity index is 2.76. The van der Waals surface area contributed by atoms with E-state index >= 15 is 0 Å². The number of hydrogen-bond acceptors (Lipinski definition) is 2. The molecule has 0 aliphatic rings. The second-order valence-corrected chi connectivity index (χ2v) is 3.72. The second-order valence-electron chi connectivity index (χ2n) is 2.44. The van der Waals surface area contributed by atoms with Crippen molar-refractivity contribution < 1.29 is 9.18 Å². The van der Waals surface area contributed by atoms with E-state index < -0.39 is 5.83 Å². The summed E-state index contributed by atoms with van der Waals surface area (Å²) < 4.78 is 12.7. The van der Waals surface area contributed by atoms with E-state index in [4.69, 9.17) is 0 Å². The van der Waals surface area contributed by atoms with E-state index in [1.807, 2.05) is 30.3 Å². The third-order valence-electron chi connectivity index (χ3n) is 1.45. The minimum Gasteiger partial charge on any atom is -0.295 e. The van der Waals surface area contributed by atoms with Gasteiger partial charge < -0.3 is 0 Å². The van der Waals surface area contributed by atoms with Gasteiger partial charge in [0.05, 0.1) is 0 Å². The maximum absolute atomic E-state index is 12.7. The number of rotatable bonds is 3. The van der Waals surface area contributed by atoms with Gasteiger partial charge in [-0.15, -0.1) is 0 Å². The molecule has 1 aromatic rings. The van der Waals surface area contributed by atoms with Crippen LogP contribution < -0.4 is 0 Å². The zero-order valence-corrected chi connectivity index (χ0v) is 7.98. The molecule has 0 N–H and O–H groups in total. The summed E-state index contributed by atoms with van der Waals surface area (Å²) in [6.07, 6.45) is 0.227. The fourth-order valence-electron chi connectivity index (χ4n) is 0.797. The van der Waals surface area contributed by atoms with Crippen molar-refractivity contribution in [2.75, 3.05) is 0 Å². The monoisotopic (exact) mass is 196 g/mol. The van der Waals surface area contributed by atoms with Crippen molar-refractivity contribution in [3.05, 3.63) is 41.1 Å². The molecule has 0 radical (unpaired) electrons. The summed E-state index contributed by atoms with van der Waals surface area (Å²) in [4.78, 5) is 11.4. The first kappa shape index (κ1) is 9.99. The lowest BCUT2D eigenvalue weighted by Crippen LogP contribution is -1.79. The van der Waals surface area contributed by atoms with Crippen molar-refractivity contribution in [1.82, 2.24) is 0 Å². The molecule has 0 heterocycles. The summed E-state index contributed by atoms with van der Waals surface area (Å²) >= 11 is 1.25. The molecule has 68 valence electrons. The quantitative estimate of drug-likeness (QED) is 0.419. The largest absolute Gasteiger partial charge is 0.295 e. The predicted octanol–water partition coefficient (Wildman–Crippen LogP) is 3.18. The normalized spacial score (nSPS) is 12.2. The van der Waals surface area contributed by atoms with Crippen LogP contribution in [0, 0.1) is 0 Å². The highest BCUT2D eigenvalue weighted by atomic mass is 32.2. The minimum atomic E-state index is -0.700. The summed E-state index contributed by atoms with van der Waals surface area (Å²) in [7, 11) is 0. The zero-order chi connectivity index (χ0) is 9.68. The van der Waals surface area contributed by atoms with E-state index in [2.05, 4.69) is 0 Å². The molecule has 0 saturated heterocycles. The lowest BCUT2D eigenvalue weighted by atomic mass is 10.4. The van der Waals surface area contributed by atoms with Crippen molar-refractivity contribution >= 4 is 18.0 Å². The fraction of sp³-hybridized carbons (Fsp3) is 0.100. The van der Waals surface area contributed by atoms with Gasteiger partial charge in [-0.1, -0.05) is 30.0 Å². The van der Waals surface area contributed by atoms with Crippen LogP contribution in [-0.4, -0.2) is 6.29 Å². The third kappa shape index (κ3) is 3.03. The highest BCUT2D eigenvalue weighted by Crippen LogP contribution is 2.27. The molecule has 1 nitrogen and oxygen atoms in total. The van der Waals surface area contributed by atoms with Crippen molar-refractivity contribution in [3.63, 3.8) is 0 Å². The van der Waals surface area contributed by atoms with Crippen molar-refractivity contribution in [2.24, 2.45) is 0 Å². The van der Waals surface area contributed by atoms with Crippen LogP contribution in [0.25, 0.3) is 0 Å². The molecule has 0 unspecified atom stereocenters. The Morgan fingerprint density at radius 3 is 2.54 bits per heavy atom. The number of allylic oxidation sites excluding steroid dienone is 2. The SMILES string of the molecule is C/C(Sc1ccccc1)=C(/F)C=O. The zero-order valence-electron chi connectivity index (χ0n) is 7.16. The average molecular weight is 196 g/mol. The standard InChI is InChI=1S/C10H9FOS/c1-8(10(11)7-12)13-9-5-3-2-4-6-9/h2-7H,1H3/b10-8-. The molecule has 3 heteroatoms. The van der Waals surface area contributed by atoms with Crippen LogP contribution in [0.2, 0.25) is 0 Å². The molecule has 13 heavy (non-hydrogen) atoms. The number of hydrogen-bond donors (Lipinski definition) is 0. The molecule has 0 aliphatic carbocycles. The molecule has 0 saturated carbocycles. The summed E-state index contributed by atoms with van der Waals surface area (Å²) in [5.74, 6) is -0.700. The van der Waals surface area contributed by atoms with E-state index in [1.165, 1.54) is 11.8 Å². The van der Waals surface area contributed by atoms with Gasteiger partial charge in [-0.05, 0) is 19.1 Å². The van der Waals surface area contributed by atoms with E-state index in [1.54, 1.807) is 6.92 Å². The number of thioether (sulfide) groups is 1. The van der Waals surface area contributed by atoms with Crippen LogP contribution in [0.15, 0.2) is 46.0 Å². The molecule has 0 fully saturated rings. The Morgan fingerprint density at radius 1 is 1.38 bits per heavy atom. The van der Waals surface area contributed by atoms with Gasteiger partial charge in [0.25, 0.3) is 0 Å². The minimum absolute atomic E-state index is 0.227.